The Morgan fingerprint density at radius 3 is 2.89 bits per heavy atom. The summed E-state index contributed by atoms with van der Waals surface area (Å²) in [7, 11) is 0. The summed E-state index contributed by atoms with van der Waals surface area (Å²) in [4.78, 5) is 0. The van der Waals surface area contributed by atoms with E-state index in [1.165, 1.54) is 45.2 Å². The van der Waals surface area contributed by atoms with Gasteiger partial charge in [-0.2, -0.15) is 0 Å². The summed E-state index contributed by atoms with van der Waals surface area (Å²) in [6, 6.07) is 0. The van der Waals surface area contributed by atoms with Crippen molar-refractivity contribution in [2.24, 2.45) is 0 Å². The molecule has 0 aromatic carbocycles. The highest BCUT2D eigenvalue weighted by atomic mass is 14.8. The molecule has 0 saturated carbocycles. The zero-order valence-corrected chi connectivity index (χ0v) is 6.03. The third-order valence-corrected chi connectivity index (χ3v) is 1.79. The van der Waals surface area contributed by atoms with Crippen LogP contribution < -0.4 is 5.32 Å². The monoisotopic (exact) mass is 126 g/mol. The van der Waals surface area contributed by atoms with E-state index >= 15 is 0 Å². The van der Waals surface area contributed by atoms with Gasteiger partial charge in [-0.05, 0) is 32.4 Å². The van der Waals surface area contributed by atoms with Crippen LogP contribution in [0, 0.1) is 6.42 Å². The fraction of sp³-hybridized carbons (Fsp3) is 0.875. The molecule has 9 heavy (non-hydrogen) atoms. The number of rotatable bonds is 0. The Bertz CT molecular complexity index is 33.1. The van der Waals surface area contributed by atoms with Crippen LogP contribution >= 0.6 is 0 Å². The molecule has 1 heterocycles. The molecular formula is C8H16N. The molecule has 1 saturated heterocycles. The minimum absolute atomic E-state index is 1.19. The molecule has 1 nitrogen and oxygen atoms in total. The Morgan fingerprint density at radius 2 is 1.89 bits per heavy atom. The van der Waals surface area contributed by atoms with E-state index in [2.05, 4.69) is 11.7 Å². The molecule has 1 heteroatoms. The summed E-state index contributed by atoms with van der Waals surface area (Å²) in [5.74, 6) is 0. The number of hydrogen-bond acceptors (Lipinski definition) is 1. The molecule has 0 aliphatic carbocycles. The van der Waals surface area contributed by atoms with Gasteiger partial charge in [0.25, 0.3) is 0 Å². The van der Waals surface area contributed by atoms with Gasteiger partial charge in [0.1, 0.15) is 0 Å². The van der Waals surface area contributed by atoms with Crippen LogP contribution in [0.2, 0.25) is 0 Å². The van der Waals surface area contributed by atoms with Crippen molar-refractivity contribution in [2.75, 3.05) is 13.1 Å². The molecule has 53 valence electrons. The van der Waals surface area contributed by atoms with E-state index in [0.717, 1.165) is 0 Å². The molecule has 0 atom stereocenters. The van der Waals surface area contributed by atoms with Crippen LogP contribution in [0.1, 0.15) is 32.1 Å². The fourth-order valence-corrected chi connectivity index (χ4v) is 1.19. The van der Waals surface area contributed by atoms with E-state index < -0.39 is 0 Å². The second kappa shape index (κ2) is 4.80. The molecule has 0 aromatic heterocycles. The van der Waals surface area contributed by atoms with Crippen molar-refractivity contribution < 1.29 is 0 Å². The van der Waals surface area contributed by atoms with E-state index in [-0.39, 0.29) is 0 Å². The Morgan fingerprint density at radius 1 is 0.889 bits per heavy atom. The van der Waals surface area contributed by atoms with Gasteiger partial charge in [-0.25, -0.2) is 0 Å². The van der Waals surface area contributed by atoms with Gasteiger partial charge < -0.3 is 5.32 Å². The molecule has 0 aromatic rings. The summed E-state index contributed by atoms with van der Waals surface area (Å²) >= 11 is 0. The lowest BCUT2D eigenvalue weighted by molar-refractivity contribution is 0.633. The van der Waals surface area contributed by atoms with Crippen LogP contribution in [-0.4, -0.2) is 13.1 Å². The normalized spacial score (nSPS) is 24.0. The van der Waals surface area contributed by atoms with Crippen molar-refractivity contribution in [1.29, 1.82) is 0 Å². The summed E-state index contributed by atoms with van der Waals surface area (Å²) < 4.78 is 0. The highest BCUT2D eigenvalue weighted by Gasteiger charge is 1.94. The molecule has 0 bridgehead atoms. The Kier molecular flexibility index (Phi) is 3.77. The van der Waals surface area contributed by atoms with Crippen LogP contribution in [-0.2, 0) is 0 Å². The maximum Gasteiger partial charge on any atom is -0.00462 e. The molecule has 1 radical (unpaired) electrons. The van der Waals surface area contributed by atoms with Gasteiger partial charge in [0, 0.05) is 0 Å². The summed E-state index contributed by atoms with van der Waals surface area (Å²) in [5, 5.41) is 3.40. The van der Waals surface area contributed by atoms with Crippen molar-refractivity contribution in [1.82, 2.24) is 5.32 Å². The largest absolute Gasteiger partial charge is 0.317 e. The van der Waals surface area contributed by atoms with Crippen LogP contribution in [0.25, 0.3) is 0 Å². The topological polar surface area (TPSA) is 12.0 Å². The lowest BCUT2D eigenvalue weighted by Crippen LogP contribution is -2.15. The lowest BCUT2D eigenvalue weighted by Gasteiger charge is -1.97. The predicted molar refractivity (Wildman–Crippen MR) is 40.3 cm³/mol. The molecule has 1 aliphatic heterocycles. The Balaban J connectivity index is 2.02. The minimum atomic E-state index is 1.19. The van der Waals surface area contributed by atoms with Gasteiger partial charge in [-0.15, -0.1) is 0 Å². The van der Waals surface area contributed by atoms with Crippen LogP contribution in [0.4, 0.5) is 0 Å². The van der Waals surface area contributed by atoms with Crippen molar-refractivity contribution in [3.63, 3.8) is 0 Å². The second-order valence-corrected chi connectivity index (χ2v) is 2.68. The van der Waals surface area contributed by atoms with Crippen LogP contribution in [0.15, 0.2) is 0 Å². The van der Waals surface area contributed by atoms with Crippen LogP contribution in [0.3, 0.4) is 0 Å². The molecule has 1 fully saturated rings. The minimum Gasteiger partial charge on any atom is -0.317 e. The third-order valence-electron chi connectivity index (χ3n) is 1.79. The Labute approximate surface area is 57.8 Å². The van der Waals surface area contributed by atoms with Crippen LogP contribution in [0.5, 0.6) is 0 Å². The molecule has 0 amide bonds. The van der Waals surface area contributed by atoms with E-state index in [9.17, 15) is 0 Å². The maximum absolute atomic E-state index is 3.40. The van der Waals surface area contributed by atoms with Crippen molar-refractivity contribution >= 4 is 0 Å². The summed E-state index contributed by atoms with van der Waals surface area (Å²) in [5.41, 5.74) is 0. The standard InChI is InChI=1S/C8H16N/c1-2-4-6-8-9-7-5-3-1/h3,9H,1-2,4-8H2. The molecule has 1 N–H and O–H groups in total. The zero-order valence-electron chi connectivity index (χ0n) is 6.03. The smallest absolute Gasteiger partial charge is 0.00462 e. The van der Waals surface area contributed by atoms with Crippen molar-refractivity contribution in [3.05, 3.63) is 6.42 Å². The second-order valence-electron chi connectivity index (χ2n) is 2.68. The third kappa shape index (κ3) is 3.52. The highest BCUT2D eigenvalue weighted by molar-refractivity contribution is 4.68. The van der Waals surface area contributed by atoms with Crippen molar-refractivity contribution in [2.45, 2.75) is 32.1 Å². The molecule has 0 unspecified atom stereocenters. The molecule has 1 aliphatic rings. The first-order valence-corrected chi connectivity index (χ1v) is 4.02. The Hall–Kier alpha value is -0.0400. The molecule has 1 rings (SSSR count). The highest BCUT2D eigenvalue weighted by Crippen LogP contribution is 2.04. The molecular weight excluding hydrogens is 110 g/mol. The first-order valence-electron chi connectivity index (χ1n) is 4.02. The maximum atomic E-state index is 3.40. The zero-order chi connectivity index (χ0) is 6.36. The predicted octanol–water partition coefficient (Wildman–Crippen LogP) is 1.74. The summed E-state index contributed by atoms with van der Waals surface area (Å²) in [6.07, 6.45) is 9.18. The quantitative estimate of drug-likeness (QED) is 0.521. The first-order chi connectivity index (χ1) is 4.50. The van der Waals surface area contributed by atoms with E-state index in [1.54, 1.807) is 0 Å². The fourth-order valence-electron chi connectivity index (χ4n) is 1.19. The first kappa shape index (κ1) is 7.07. The van der Waals surface area contributed by atoms with Gasteiger partial charge in [0.2, 0.25) is 0 Å². The number of hydrogen-bond donors (Lipinski definition) is 1. The average molecular weight is 126 g/mol. The average Bonchev–Trinajstić information content (AvgIpc) is 2.00. The van der Waals surface area contributed by atoms with Crippen molar-refractivity contribution in [3.8, 4) is 0 Å². The van der Waals surface area contributed by atoms with Gasteiger partial charge in [-0.1, -0.05) is 19.3 Å². The van der Waals surface area contributed by atoms with E-state index in [4.69, 9.17) is 0 Å². The lowest BCUT2D eigenvalue weighted by atomic mass is 10.1. The van der Waals surface area contributed by atoms with E-state index in [0.29, 0.717) is 0 Å². The number of nitrogens with one attached hydrogen (secondary N) is 1. The molecule has 0 spiro atoms. The summed E-state index contributed by atoms with van der Waals surface area (Å²) in [6.45, 7) is 2.42. The SMILES string of the molecule is [CH]1CCCCCNCC1. The van der Waals surface area contributed by atoms with Gasteiger partial charge in [0.05, 0.1) is 0 Å². The van der Waals surface area contributed by atoms with Gasteiger partial charge >= 0.3 is 0 Å². The van der Waals surface area contributed by atoms with E-state index in [1.807, 2.05) is 0 Å². The van der Waals surface area contributed by atoms with Gasteiger partial charge in [-0.3, -0.25) is 0 Å². The van der Waals surface area contributed by atoms with Gasteiger partial charge in [0.15, 0.2) is 0 Å².